The summed E-state index contributed by atoms with van der Waals surface area (Å²) in [6, 6.07) is 5.70. The van der Waals surface area contributed by atoms with Crippen LogP contribution < -0.4 is 11.1 Å². The van der Waals surface area contributed by atoms with Crippen LogP contribution in [0.2, 0.25) is 0 Å². The third-order valence-electron chi connectivity index (χ3n) is 3.46. The standard InChI is InChI=1S/C14H19BrN2O/c15-13-11(8-5-9-12(13)16)14(18)17-10-6-3-1-2-4-7-10/h5,8-10H,1-4,6-7,16H2,(H,17,18). The van der Waals surface area contributed by atoms with E-state index in [1.54, 1.807) is 12.1 Å². The van der Waals surface area contributed by atoms with Crippen molar-refractivity contribution in [2.24, 2.45) is 0 Å². The first-order valence-corrected chi connectivity index (χ1v) is 7.32. The van der Waals surface area contributed by atoms with Crippen molar-refractivity contribution in [3.63, 3.8) is 0 Å². The molecule has 0 unspecified atom stereocenters. The lowest BCUT2D eigenvalue weighted by Gasteiger charge is -2.17. The Balaban J connectivity index is 2.04. The van der Waals surface area contributed by atoms with Gasteiger partial charge in [0.05, 0.1) is 10.0 Å². The fourth-order valence-corrected chi connectivity index (χ4v) is 2.86. The maximum absolute atomic E-state index is 12.2. The van der Waals surface area contributed by atoms with E-state index in [0.717, 1.165) is 12.8 Å². The average molecular weight is 311 g/mol. The molecule has 0 aromatic heterocycles. The van der Waals surface area contributed by atoms with Gasteiger partial charge in [-0.15, -0.1) is 0 Å². The Hall–Kier alpha value is -1.03. The number of rotatable bonds is 2. The summed E-state index contributed by atoms with van der Waals surface area (Å²) in [6.07, 6.45) is 7.17. The van der Waals surface area contributed by atoms with Crippen molar-refractivity contribution in [2.45, 2.75) is 44.6 Å². The minimum Gasteiger partial charge on any atom is -0.398 e. The molecule has 0 aliphatic heterocycles. The Bertz CT molecular complexity index is 426. The lowest BCUT2D eigenvalue weighted by Crippen LogP contribution is -2.34. The summed E-state index contributed by atoms with van der Waals surface area (Å²) in [5.41, 5.74) is 7.01. The summed E-state index contributed by atoms with van der Waals surface area (Å²) in [4.78, 5) is 12.2. The summed E-state index contributed by atoms with van der Waals surface area (Å²) in [5.74, 6) is -0.0268. The van der Waals surface area contributed by atoms with Crippen molar-refractivity contribution < 1.29 is 4.79 Å². The third-order valence-corrected chi connectivity index (χ3v) is 4.35. The van der Waals surface area contributed by atoms with E-state index in [4.69, 9.17) is 5.73 Å². The largest absolute Gasteiger partial charge is 0.398 e. The van der Waals surface area contributed by atoms with Crippen LogP contribution in [0.25, 0.3) is 0 Å². The Morgan fingerprint density at radius 3 is 2.56 bits per heavy atom. The second kappa shape index (κ2) is 6.23. The molecule has 3 N–H and O–H groups in total. The van der Waals surface area contributed by atoms with Crippen LogP contribution in [0.4, 0.5) is 5.69 Å². The molecule has 3 nitrogen and oxygen atoms in total. The van der Waals surface area contributed by atoms with Crippen LogP contribution in [0.1, 0.15) is 48.9 Å². The highest BCUT2D eigenvalue weighted by atomic mass is 79.9. The summed E-state index contributed by atoms with van der Waals surface area (Å²) in [5, 5.41) is 3.12. The van der Waals surface area contributed by atoms with E-state index >= 15 is 0 Å². The molecule has 1 fully saturated rings. The number of nitrogen functional groups attached to an aromatic ring is 1. The number of benzene rings is 1. The van der Waals surface area contributed by atoms with Crippen LogP contribution in [0.5, 0.6) is 0 Å². The number of halogens is 1. The number of carbonyl (C=O) groups is 1. The van der Waals surface area contributed by atoms with E-state index in [9.17, 15) is 4.79 Å². The predicted octanol–water partition coefficient (Wildman–Crippen LogP) is 3.48. The van der Waals surface area contributed by atoms with Crippen molar-refractivity contribution in [3.8, 4) is 0 Å². The zero-order chi connectivity index (χ0) is 13.0. The topological polar surface area (TPSA) is 55.1 Å². The van der Waals surface area contributed by atoms with Crippen LogP contribution in [0.15, 0.2) is 22.7 Å². The molecule has 0 saturated heterocycles. The molecule has 0 spiro atoms. The van der Waals surface area contributed by atoms with E-state index in [1.807, 2.05) is 6.07 Å². The molecule has 0 bridgehead atoms. The summed E-state index contributed by atoms with van der Waals surface area (Å²) in [6.45, 7) is 0. The Morgan fingerprint density at radius 2 is 1.89 bits per heavy atom. The number of anilines is 1. The number of nitrogens with two attached hydrogens (primary N) is 1. The molecule has 1 amide bonds. The van der Waals surface area contributed by atoms with E-state index in [0.29, 0.717) is 21.8 Å². The van der Waals surface area contributed by atoms with Crippen molar-refractivity contribution in [1.29, 1.82) is 0 Å². The SMILES string of the molecule is Nc1cccc(C(=O)NC2CCCCCC2)c1Br. The highest BCUT2D eigenvalue weighted by Crippen LogP contribution is 2.24. The molecule has 1 saturated carbocycles. The van der Waals surface area contributed by atoms with Gasteiger partial charge in [-0.1, -0.05) is 31.7 Å². The molecular formula is C14H19BrN2O. The summed E-state index contributed by atoms with van der Waals surface area (Å²) in [7, 11) is 0. The fraction of sp³-hybridized carbons (Fsp3) is 0.500. The van der Waals surface area contributed by atoms with Gasteiger partial charge in [0.15, 0.2) is 0 Å². The van der Waals surface area contributed by atoms with Gasteiger partial charge in [0.1, 0.15) is 0 Å². The molecule has 1 aromatic carbocycles. The summed E-state index contributed by atoms with van der Waals surface area (Å²) < 4.78 is 0.691. The first-order chi connectivity index (χ1) is 8.68. The monoisotopic (exact) mass is 310 g/mol. The van der Waals surface area contributed by atoms with Crippen molar-refractivity contribution in [2.75, 3.05) is 5.73 Å². The van der Waals surface area contributed by atoms with E-state index < -0.39 is 0 Å². The minimum atomic E-state index is -0.0268. The van der Waals surface area contributed by atoms with Gasteiger partial charge in [0.25, 0.3) is 5.91 Å². The van der Waals surface area contributed by atoms with Gasteiger partial charge in [-0.2, -0.15) is 0 Å². The average Bonchev–Trinajstić information content (AvgIpc) is 2.61. The second-order valence-electron chi connectivity index (χ2n) is 4.87. The zero-order valence-corrected chi connectivity index (χ0v) is 12.0. The van der Waals surface area contributed by atoms with Gasteiger partial charge >= 0.3 is 0 Å². The van der Waals surface area contributed by atoms with Crippen LogP contribution >= 0.6 is 15.9 Å². The molecule has 1 aliphatic carbocycles. The number of hydrogen-bond acceptors (Lipinski definition) is 2. The molecule has 1 aliphatic rings. The molecule has 4 heteroatoms. The van der Waals surface area contributed by atoms with Crippen molar-refractivity contribution >= 4 is 27.5 Å². The van der Waals surface area contributed by atoms with Crippen LogP contribution in [0.3, 0.4) is 0 Å². The van der Waals surface area contributed by atoms with Crippen LogP contribution in [-0.2, 0) is 0 Å². The Morgan fingerprint density at radius 1 is 1.22 bits per heavy atom. The van der Waals surface area contributed by atoms with E-state index in [2.05, 4.69) is 21.2 Å². The fourth-order valence-electron chi connectivity index (χ4n) is 2.41. The maximum atomic E-state index is 12.2. The van der Waals surface area contributed by atoms with Gasteiger partial charge in [-0.25, -0.2) is 0 Å². The Kier molecular flexibility index (Phi) is 4.64. The first-order valence-electron chi connectivity index (χ1n) is 6.53. The quantitative estimate of drug-likeness (QED) is 0.649. The Labute approximate surface area is 116 Å². The summed E-state index contributed by atoms with van der Waals surface area (Å²) >= 11 is 3.38. The van der Waals surface area contributed by atoms with E-state index in [1.165, 1.54) is 25.7 Å². The highest BCUT2D eigenvalue weighted by molar-refractivity contribution is 9.10. The van der Waals surface area contributed by atoms with Gasteiger partial charge in [-0.3, -0.25) is 4.79 Å². The van der Waals surface area contributed by atoms with E-state index in [-0.39, 0.29) is 5.91 Å². The van der Waals surface area contributed by atoms with Gasteiger partial charge in [0.2, 0.25) is 0 Å². The number of carbonyl (C=O) groups excluding carboxylic acids is 1. The smallest absolute Gasteiger partial charge is 0.252 e. The number of nitrogens with one attached hydrogen (secondary N) is 1. The maximum Gasteiger partial charge on any atom is 0.252 e. The predicted molar refractivity (Wildman–Crippen MR) is 77.5 cm³/mol. The number of hydrogen-bond donors (Lipinski definition) is 2. The molecular weight excluding hydrogens is 292 g/mol. The molecule has 0 radical (unpaired) electrons. The highest BCUT2D eigenvalue weighted by Gasteiger charge is 2.17. The van der Waals surface area contributed by atoms with Gasteiger partial charge in [0, 0.05) is 11.7 Å². The second-order valence-corrected chi connectivity index (χ2v) is 5.66. The van der Waals surface area contributed by atoms with Crippen LogP contribution in [-0.4, -0.2) is 11.9 Å². The minimum absolute atomic E-state index is 0.0268. The van der Waals surface area contributed by atoms with Crippen molar-refractivity contribution in [3.05, 3.63) is 28.2 Å². The lowest BCUT2D eigenvalue weighted by molar-refractivity contribution is 0.0932. The van der Waals surface area contributed by atoms with Crippen molar-refractivity contribution in [1.82, 2.24) is 5.32 Å². The number of amides is 1. The zero-order valence-electron chi connectivity index (χ0n) is 10.4. The molecule has 0 atom stereocenters. The van der Waals surface area contributed by atoms with Crippen LogP contribution in [0, 0.1) is 0 Å². The molecule has 2 rings (SSSR count). The molecule has 1 aromatic rings. The third kappa shape index (κ3) is 3.25. The first kappa shape index (κ1) is 13.4. The molecule has 0 heterocycles. The molecule has 18 heavy (non-hydrogen) atoms. The van der Waals surface area contributed by atoms with Gasteiger partial charge < -0.3 is 11.1 Å². The molecule has 98 valence electrons. The van der Waals surface area contributed by atoms with Gasteiger partial charge in [-0.05, 0) is 40.9 Å². The normalized spacial score (nSPS) is 17.2. The lowest BCUT2D eigenvalue weighted by atomic mass is 10.1.